The number of carbonyl (C=O) groups excluding carboxylic acids is 1. The molecule has 1 aromatic heterocycles. The van der Waals surface area contributed by atoms with Gasteiger partial charge in [0.2, 0.25) is 5.91 Å². The van der Waals surface area contributed by atoms with Gasteiger partial charge in [-0.05, 0) is 62.2 Å². The van der Waals surface area contributed by atoms with Crippen molar-refractivity contribution in [2.24, 2.45) is 0 Å². The molecule has 2 aromatic carbocycles. The normalized spacial score (nSPS) is 10.7. The smallest absolute Gasteiger partial charge is 0.239 e. The molecule has 6 heteroatoms. The molecule has 0 aliphatic rings. The second-order valence-electron chi connectivity index (χ2n) is 6.62. The Morgan fingerprint density at radius 3 is 2.55 bits per heavy atom. The number of aromatic nitrogens is 1. The van der Waals surface area contributed by atoms with Crippen molar-refractivity contribution in [1.82, 2.24) is 9.88 Å². The van der Waals surface area contributed by atoms with Gasteiger partial charge in [-0.3, -0.25) is 4.79 Å². The minimum atomic E-state index is -0.0192. The summed E-state index contributed by atoms with van der Waals surface area (Å²) in [5, 5.41) is 4.04. The van der Waals surface area contributed by atoms with Crippen LogP contribution in [0.15, 0.2) is 48.7 Å². The highest BCUT2D eigenvalue weighted by Crippen LogP contribution is 2.28. The molecule has 6 nitrogen and oxygen atoms in total. The van der Waals surface area contributed by atoms with Gasteiger partial charge < -0.3 is 24.1 Å². The Bertz CT molecular complexity index is 965. The first-order chi connectivity index (χ1) is 14.1. The van der Waals surface area contributed by atoms with Crippen LogP contribution in [-0.4, -0.2) is 37.3 Å². The molecule has 0 atom stereocenters. The molecule has 1 amide bonds. The minimum absolute atomic E-state index is 0.0192. The zero-order valence-corrected chi connectivity index (χ0v) is 17.2. The fraction of sp³-hybridized carbons (Fsp3) is 0.348. The number of hydrogen-bond acceptors (Lipinski definition) is 4. The molecule has 0 unspecified atom stereocenters. The molecule has 0 aliphatic heterocycles. The highest BCUT2D eigenvalue weighted by Gasteiger charge is 2.09. The van der Waals surface area contributed by atoms with E-state index in [-0.39, 0.29) is 12.5 Å². The number of nitrogens with one attached hydrogen (secondary N) is 1. The Labute approximate surface area is 171 Å². The largest absolute Gasteiger partial charge is 0.497 e. The average Bonchev–Trinajstić information content (AvgIpc) is 3.12. The van der Waals surface area contributed by atoms with Gasteiger partial charge in [0.25, 0.3) is 0 Å². The Morgan fingerprint density at radius 1 is 1.00 bits per heavy atom. The van der Waals surface area contributed by atoms with Crippen LogP contribution in [0.3, 0.4) is 0 Å². The standard InChI is InChI=1S/C23H28N2O4/c1-4-28-21-9-6-17(14-22(21)29-5-2)10-12-24-23(26)16-25-13-11-18-15-19(27-3)7-8-20(18)25/h6-9,11,13-15H,4-5,10,12,16H2,1-3H3,(H,24,26). The van der Waals surface area contributed by atoms with Crippen molar-refractivity contribution in [3.05, 3.63) is 54.2 Å². The first kappa shape index (κ1) is 20.6. The molecule has 0 saturated carbocycles. The minimum Gasteiger partial charge on any atom is -0.497 e. The molecule has 0 aliphatic carbocycles. The van der Waals surface area contributed by atoms with Crippen LogP contribution in [0.25, 0.3) is 10.9 Å². The zero-order chi connectivity index (χ0) is 20.6. The van der Waals surface area contributed by atoms with Crippen molar-refractivity contribution in [3.63, 3.8) is 0 Å². The molecule has 29 heavy (non-hydrogen) atoms. The number of hydrogen-bond donors (Lipinski definition) is 1. The van der Waals surface area contributed by atoms with E-state index in [2.05, 4.69) is 5.32 Å². The average molecular weight is 396 g/mol. The molecule has 3 rings (SSSR count). The number of carbonyl (C=O) groups is 1. The van der Waals surface area contributed by atoms with Crippen molar-refractivity contribution in [2.75, 3.05) is 26.9 Å². The number of benzene rings is 2. The third-order valence-electron chi connectivity index (χ3n) is 4.64. The van der Waals surface area contributed by atoms with Gasteiger partial charge in [-0.1, -0.05) is 6.07 Å². The second kappa shape index (κ2) is 9.87. The van der Waals surface area contributed by atoms with E-state index in [1.54, 1.807) is 7.11 Å². The molecule has 1 heterocycles. The van der Waals surface area contributed by atoms with Gasteiger partial charge in [0.15, 0.2) is 11.5 Å². The summed E-state index contributed by atoms with van der Waals surface area (Å²) in [6.45, 7) is 5.91. The monoisotopic (exact) mass is 396 g/mol. The van der Waals surface area contributed by atoms with Crippen LogP contribution in [-0.2, 0) is 17.8 Å². The maximum Gasteiger partial charge on any atom is 0.239 e. The highest BCUT2D eigenvalue weighted by atomic mass is 16.5. The van der Waals surface area contributed by atoms with E-state index in [1.807, 2.05) is 67.1 Å². The number of nitrogens with zero attached hydrogens (tertiary/aromatic N) is 1. The van der Waals surface area contributed by atoms with Crippen LogP contribution in [0.4, 0.5) is 0 Å². The maximum absolute atomic E-state index is 12.4. The molecule has 154 valence electrons. The van der Waals surface area contributed by atoms with Crippen LogP contribution >= 0.6 is 0 Å². The highest BCUT2D eigenvalue weighted by molar-refractivity contribution is 5.84. The van der Waals surface area contributed by atoms with Crippen molar-refractivity contribution < 1.29 is 19.0 Å². The number of fused-ring (bicyclic) bond motifs is 1. The molecule has 0 saturated heterocycles. The van der Waals surface area contributed by atoms with Crippen molar-refractivity contribution in [3.8, 4) is 17.2 Å². The van der Waals surface area contributed by atoms with E-state index in [0.29, 0.717) is 19.8 Å². The van der Waals surface area contributed by atoms with Gasteiger partial charge in [-0.2, -0.15) is 0 Å². The quantitative estimate of drug-likeness (QED) is 0.566. The van der Waals surface area contributed by atoms with Crippen molar-refractivity contribution >= 4 is 16.8 Å². The van der Waals surface area contributed by atoms with E-state index in [9.17, 15) is 4.79 Å². The molecular weight excluding hydrogens is 368 g/mol. The van der Waals surface area contributed by atoms with Gasteiger partial charge in [-0.25, -0.2) is 0 Å². The summed E-state index contributed by atoms with van der Waals surface area (Å²) in [5.74, 6) is 2.28. The van der Waals surface area contributed by atoms with Gasteiger partial charge >= 0.3 is 0 Å². The summed E-state index contributed by atoms with van der Waals surface area (Å²) in [4.78, 5) is 12.4. The van der Waals surface area contributed by atoms with Crippen LogP contribution in [0.2, 0.25) is 0 Å². The number of ether oxygens (including phenoxy) is 3. The fourth-order valence-electron chi connectivity index (χ4n) is 3.25. The molecule has 0 spiro atoms. The van der Waals surface area contributed by atoms with E-state index >= 15 is 0 Å². The third kappa shape index (κ3) is 5.22. The fourth-order valence-corrected chi connectivity index (χ4v) is 3.25. The van der Waals surface area contributed by atoms with E-state index in [0.717, 1.165) is 40.1 Å². The van der Waals surface area contributed by atoms with Gasteiger partial charge in [0, 0.05) is 23.6 Å². The predicted octanol–water partition coefficient (Wildman–Crippen LogP) is 3.81. The lowest BCUT2D eigenvalue weighted by atomic mass is 10.1. The Balaban J connectivity index is 1.55. The predicted molar refractivity (Wildman–Crippen MR) is 114 cm³/mol. The number of amides is 1. The van der Waals surface area contributed by atoms with Crippen LogP contribution < -0.4 is 19.5 Å². The summed E-state index contributed by atoms with van der Waals surface area (Å²) in [6.07, 6.45) is 2.65. The lowest BCUT2D eigenvalue weighted by molar-refractivity contribution is -0.121. The van der Waals surface area contributed by atoms with Crippen LogP contribution in [0.5, 0.6) is 17.2 Å². The lowest BCUT2D eigenvalue weighted by Gasteiger charge is -2.13. The second-order valence-corrected chi connectivity index (χ2v) is 6.62. The van der Waals surface area contributed by atoms with E-state index in [4.69, 9.17) is 14.2 Å². The summed E-state index contributed by atoms with van der Waals surface area (Å²) < 4.78 is 18.4. The topological polar surface area (TPSA) is 61.7 Å². The van der Waals surface area contributed by atoms with E-state index in [1.165, 1.54) is 0 Å². The summed E-state index contributed by atoms with van der Waals surface area (Å²) in [7, 11) is 1.65. The molecule has 0 fully saturated rings. The van der Waals surface area contributed by atoms with Gasteiger partial charge in [0.1, 0.15) is 12.3 Å². The molecule has 1 N–H and O–H groups in total. The first-order valence-electron chi connectivity index (χ1n) is 9.92. The van der Waals surface area contributed by atoms with Gasteiger partial charge in [0.05, 0.1) is 20.3 Å². The number of methoxy groups -OCH3 is 1. The van der Waals surface area contributed by atoms with Crippen LogP contribution in [0, 0.1) is 0 Å². The summed E-state index contributed by atoms with van der Waals surface area (Å²) in [6, 6.07) is 13.7. The Morgan fingerprint density at radius 2 is 1.79 bits per heavy atom. The number of rotatable bonds is 10. The summed E-state index contributed by atoms with van der Waals surface area (Å²) >= 11 is 0. The first-order valence-corrected chi connectivity index (χ1v) is 9.92. The van der Waals surface area contributed by atoms with Crippen LogP contribution in [0.1, 0.15) is 19.4 Å². The molecule has 0 radical (unpaired) electrons. The molecular formula is C23H28N2O4. The van der Waals surface area contributed by atoms with Crippen molar-refractivity contribution in [1.29, 1.82) is 0 Å². The van der Waals surface area contributed by atoms with Gasteiger partial charge in [-0.15, -0.1) is 0 Å². The van der Waals surface area contributed by atoms with Crippen molar-refractivity contribution in [2.45, 2.75) is 26.8 Å². The van der Waals surface area contributed by atoms with E-state index < -0.39 is 0 Å². The SMILES string of the molecule is CCOc1ccc(CCNC(=O)Cn2ccc3cc(OC)ccc32)cc1OCC. The molecule has 3 aromatic rings. The maximum atomic E-state index is 12.4. The lowest BCUT2D eigenvalue weighted by Crippen LogP contribution is -2.29. The Hall–Kier alpha value is -3.15. The summed E-state index contributed by atoms with van der Waals surface area (Å²) in [5.41, 5.74) is 2.10. The zero-order valence-electron chi connectivity index (χ0n) is 17.2. The molecule has 0 bridgehead atoms. The third-order valence-corrected chi connectivity index (χ3v) is 4.64. The Kier molecular flexibility index (Phi) is 7.00.